The van der Waals surface area contributed by atoms with E-state index < -0.39 is 0 Å². The van der Waals surface area contributed by atoms with Gasteiger partial charge in [0, 0.05) is 12.4 Å². The van der Waals surface area contributed by atoms with Crippen LogP contribution in [0.15, 0.2) is 18.6 Å². The van der Waals surface area contributed by atoms with Crippen LogP contribution >= 0.6 is 11.6 Å². The van der Waals surface area contributed by atoms with E-state index in [-0.39, 0.29) is 18.0 Å². The van der Waals surface area contributed by atoms with Gasteiger partial charge in [-0.2, -0.15) is 0 Å². The van der Waals surface area contributed by atoms with E-state index in [0.717, 1.165) is 13.1 Å². The number of amides is 1. The van der Waals surface area contributed by atoms with Crippen molar-refractivity contribution in [3.63, 3.8) is 0 Å². The predicted octanol–water partition coefficient (Wildman–Crippen LogP) is 0.976. The number of carbonyl (C=O) groups is 1. The van der Waals surface area contributed by atoms with Crippen molar-refractivity contribution in [1.29, 1.82) is 0 Å². The number of ether oxygens (including phenoxy) is 1. The quantitative estimate of drug-likeness (QED) is 0.905. The summed E-state index contributed by atoms with van der Waals surface area (Å²) in [5.74, 6) is 0.254. The maximum Gasteiger partial charge on any atom is 0.271 e. The molecule has 2 aromatic heterocycles. The van der Waals surface area contributed by atoms with E-state index in [1.54, 1.807) is 16.8 Å². The minimum absolute atomic E-state index is 0.00181. The molecule has 2 aliphatic heterocycles. The fraction of sp³-hybridized carbons (Fsp3) is 0.533. The summed E-state index contributed by atoms with van der Waals surface area (Å²) in [7, 11) is 0. The van der Waals surface area contributed by atoms with Crippen molar-refractivity contribution in [2.75, 3.05) is 26.3 Å². The molecule has 2 aromatic rings. The average molecular weight is 336 g/mol. The first-order chi connectivity index (χ1) is 11.2. The summed E-state index contributed by atoms with van der Waals surface area (Å²) in [6, 6.07) is 0.257. The van der Waals surface area contributed by atoms with Crippen molar-refractivity contribution in [2.24, 2.45) is 0 Å². The Bertz CT molecular complexity index is 728. The topological polar surface area (TPSA) is 71.8 Å². The molecule has 1 amide bonds. The number of nitrogens with one attached hydrogen (secondary N) is 1. The predicted molar refractivity (Wildman–Crippen MR) is 84.7 cm³/mol. The zero-order valence-electron chi connectivity index (χ0n) is 12.6. The monoisotopic (exact) mass is 335 g/mol. The van der Waals surface area contributed by atoms with Gasteiger partial charge in [0.2, 0.25) is 5.78 Å². The molecule has 2 saturated heterocycles. The Morgan fingerprint density at radius 1 is 1.30 bits per heavy atom. The van der Waals surface area contributed by atoms with Crippen molar-refractivity contribution >= 4 is 23.3 Å². The molecule has 2 fully saturated rings. The fourth-order valence-corrected chi connectivity index (χ4v) is 3.48. The van der Waals surface area contributed by atoms with Crippen LogP contribution in [-0.4, -0.2) is 63.6 Å². The summed E-state index contributed by atoms with van der Waals surface area (Å²) in [6.45, 7) is 3.38. The molecule has 122 valence electrons. The smallest absolute Gasteiger partial charge is 0.271 e. The van der Waals surface area contributed by atoms with Crippen molar-refractivity contribution in [3.8, 4) is 0 Å². The van der Waals surface area contributed by atoms with E-state index in [1.807, 2.05) is 0 Å². The first-order valence-electron chi connectivity index (χ1n) is 7.83. The number of fused-ring (bicyclic) bond motifs is 1. The maximum atomic E-state index is 12.5. The van der Waals surface area contributed by atoms with Crippen molar-refractivity contribution in [1.82, 2.24) is 24.6 Å². The summed E-state index contributed by atoms with van der Waals surface area (Å²) in [6.07, 6.45) is 7.27. The van der Waals surface area contributed by atoms with E-state index in [4.69, 9.17) is 16.3 Å². The van der Waals surface area contributed by atoms with Crippen molar-refractivity contribution in [3.05, 3.63) is 29.3 Å². The van der Waals surface area contributed by atoms with E-state index in [2.05, 4.69) is 20.2 Å². The second-order valence-corrected chi connectivity index (χ2v) is 6.47. The summed E-state index contributed by atoms with van der Waals surface area (Å²) in [5, 5.41) is 3.56. The molecule has 4 rings (SSSR count). The second kappa shape index (κ2) is 6.07. The van der Waals surface area contributed by atoms with Gasteiger partial charge in [-0.3, -0.25) is 14.1 Å². The number of imidazole rings is 1. The number of aromatic nitrogens is 3. The summed E-state index contributed by atoms with van der Waals surface area (Å²) in [5.41, 5.74) is 0.340. The van der Waals surface area contributed by atoms with Crippen LogP contribution in [0.2, 0.25) is 5.02 Å². The van der Waals surface area contributed by atoms with Crippen LogP contribution in [0.5, 0.6) is 0 Å². The molecule has 2 aliphatic rings. The Labute approximate surface area is 138 Å². The van der Waals surface area contributed by atoms with Gasteiger partial charge in [-0.1, -0.05) is 11.6 Å². The molecule has 23 heavy (non-hydrogen) atoms. The molecular weight excluding hydrogens is 318 g/mol. The molecule has 0 saturated carbocycles. The van der Waals surface area contributed by atoms with Crippen LogP contribution in [-0.2, 0) is 4.74 Å². The lowest BCUT2D eigenvalue weighted by molar-refractivity contribution is 0.0912. The van der Waals surface area contributed by atoms with Crippen LogP contribution < -0.4 is 5.32 Å². The van der Waals surface area contributed by atoms with Crippen molar-refractivity contribution in [2.45, 2.75) is 24.9 Å². The molecule has 1 N–H and O–H groups in total. The lowest BCUT2D eigenvalue weighted by Crippen LogP contribution is -2.50. The van der Waals surface area contributed by atoms with E-state index in [0.29, 0.717) is 29.7 Å². The molecule has 0 radical (unpaired) electrons. The van der Waals surface area contributed by atoms with Gasteiger partial charge in [-0.05, 0) is 25.9 Å². The van der Waals surface area contributed by atoms with E-state index >= 15 is 0 Å². The summed E-state index contributed by atoms with van der Waals surface area (Å²) < 4.78 is 7.23. The molecule has 2 atom stereocenters. The lowest BCUT2D eigenvalue weighted by atomic mass is 10.1. The molecular formula is C15H18ClN5O2. The highest BCUT2D eigenvalue weighted by Crippen LogP contribution is 2.19. The zero-order valence-corrected chi connectivity index (χ0v) is 13.4. The molecule has 8 heteroatoms. The Morgan fingerprint density at radius 2 is 2.13 bits per heavy atom. The standard InChI is InChI=1S/C15H18ClN5O2/c16-10-5-17-15-19-11(7-21(15)6-10)14(22)18-12-8-23-9-13(12)20-3-1-2-4-20/h5-7,12-13H,1-4,8-9H2,(H,18,22). The van der Waals surface area contributed by atoms with Crippen LogP contribution in [0, 0.1) is 0 Å². The Kier molecular flexibility index (Phi) is 3.92. The average Bonchev–Trinajstić information content (AvgIpc) is 3.26. The first-order valence-corrected chi connectivity index (χ1v) is 8.21. The van der Waals surface area contributed by atoms with Crippen LogP contribution in [0.3, 0.4) is 0 Å². The third-order valence-corrected chi connectivity index (χ3v) is 4.68. The molecule has 0 spiro atoms. The highest BCUT2D eigenvalue weighted by Gasteiger charge is 2.35. The lowest BCUT2D eigenvalue weighted by Gasteiger charge is -2.27. The number of halogens is 1. The maximum absolute atomic E-state index is 12.5. The van der Waals surface area contributed by atoms with E-state index in [1.165, 1.54) is 19.0 Å². The second-order valence-electron chi connectivity index (χ2n) is 6.03. The Hall–Kier alpha value is -1.70. The summed E-state index contributed by atoms with van der Waals surface area (Å²) in [4.78, 5) is 23.2. The largest absolute Gasteiger partial charge is 0.378 e. The van der Waals surface area contributed by atoms with Gasteiger partial charge in [0.05, 0.1) is 36.5 Å². The number of nitrogens with zero attached hydrogens (tertiary/aromatic N) is 4. The van der Waals surface area contributed by atoms with Gasteiger partial charge in [-0.25, -0.2) is 9.97 Å². The fourth-order valence-electron chi connectivity index (χ4n) is 3.33. The molecule has 2 unspecified atom stereocenters. The number of likely N-dealkylation sites (tertiary alicyclic amines) is 1. The summed E-state index contributed by atoms with van der Waals surface area (Å²) >= 11 is 5.90. The van der Waals surface area contributed by atoms with Gasteiger partial charge in [-0.15, -0.1) is 0 Å². The van der Waals surface area contributed by atoms with Gasteiger partial charge < -0.3 is 10.1 Å². The minimum atomic E-state index is -0.202. The number of hydrogen-bond donors (Lipinski definition) is 1. The van der Waals surface area contributed by atoms with Crippen LogP contribution in [0.1, 0.15) is 23.3 Å². The van der Waals surface area contributed by atoms with E-state index in [9.17, 15) is 4.79 Å². The third kappa shape index (κ3) is 2.91. The third-order valence-electron chi connectivity index (χ3n) is 4.49. The molecule has 0 bridgehead atoms. The highest BCUT2D eigenvalue weighted by molar-refractivity contribution is 6.30. The molecule has 0 aliphatic carbocycles. The zero-order chi connectivity index (χ0) is 15.8. The van der Waals surface area contributed by atoms with Gasteiger partial charge in [0.15, 0.2) is 0 Å². The number of hydrogen-bond acceptors (Lipinski definition) is 5. The van der Waals surface area contributed by atoms with Gasteiger partial charge in [0.25, 0.3) is 5.91 Å². The molecule has 4 heterocycles. The normalized spacial score (nSPS) is 25.3. The number of carbonyl (C=O) groups excluding carboxylic acids is 1. The number of rotatable bonds is 3. The Balaban J connectivity index is 1.49. The Morgan fingerprint density at radius 3 is 2.96 bits per heavy atom. The highest BCUT2D eigenvalue weighted by atomic mass is 35.5. The van der Waals surface area contributed by atoms with Crippen molar-refractivity contribution < 1.29 is 9.53 Å². The van der Waals surface area contributed by atoms with Crippen LogP contribution in [0.4, 0.5) is 0 Å². The SMILES string of the molecule is O=C(NC1COCC1N1CCCC1)c1cn2cc(Cl)cnc2n1. The molecule has 0 aromatic carbocycles. The van der Waals surface area contributed by atoms with Gasteiger partial charge >= 0.3 is 0 Å². The van der Waals surface area contributed by atoms with Crippen LogP contribution in [0.25, 0.3) is 5.78 Å². The first kappa shape index (κ1) is 14.9. The molecule has 7 nitrogen and oxygen atoms in total. The van der Waals surface area contributed by atoms with Gasteiger partial charge in [0.1, 0.15) is 5.69 Å². The minimum Gasteiger partial charge on any atom is -0.378 e.